The van der Waals surface area contributed by atoms with Crippen LogP contribution in [0.2, 0.25) is 0 Å². The molecular weight excluding hydrogens is 530 g/mol. The van der Waals surface area contributed by atoms with Crippen molar-refractivity contribution in [1.29, 1.82) is 0 Å². The topological polar surface area (TPSA) is 72.9 Å². The molecule has 0 radical (unpaired) electrons. The predicted octanol–water partition coefficient (Wildman–Crippen LogP) is 6.70. The Labute approximate surface area is 244 Å². The molecule has 6 rings (SSSR count). The lowest BCUT2D eigenvalue weighted by atomic mass is 10.00. The van der Waals surface area contributed by atoms with Gasteiger partial charge in [0.25, 0.3) is 11.3 Å². The van der Waals surface area contributed by atoms with Crippen LogP contribution in [0.4, 0.5) is 5.69 Å². The minimum Gasteiger partial charge on any atom is -0.349 e. The molecule has 0 aromatic heterocycles. The molecule has 3 atom stereocenters. The molecule has 3 unspecified atom stereocenters. The second-order valence-electron chi connectivity index (χ2n) is 11.2. The smallest absolute Gasteiger partial charge is 0.262 e. The summed E-state index contributed by atoms with van der Waals surface area (Å²) in [6.45, 7) is 3.29. The number of anilines is 1. The molecule has 212 valence electrons. The number of nitrogens with zero attached hydrogens (tertiary/aromatic N) is 2. The highest BCUT2D eigenvalue weighted by molar-refractivity contribution is 7.80. The first-order chi connectivity index (χ1) is 20.1. The lowest BCUT2D eigenvalue weighted by molar-refractivity contribution is -0.122. The van der Waals surface area contributed by atoms with E-state index in [1.165, 1.54) is 40.3 Å². The zero-order chi connectivity index (χ0) is 28.2. The number of carbonyl (C=O) groups is 1. The Hall–Kier alpha value is -3.52. The molecular formula is C34H37N3O3S. The molecule has 41 heavy (non-hydrogen) atoms. The molecule has 1 fully saturated rings. The molecule has 2 N–H and O–H groups in total. The fourth-order valence-electron chi connectivity index (χ4n) is 6.52. The van der Waals surface area contributed by atoms with Crippen LogP contribution in [0.3, 0.4) is 0 Å². The van der Waals surface area contributed by atoms with Gasteiger partial charge in [-0.25, -0.2) is 4.21 Å². The normalized spacial score (nSPS) is 18.5. The standard InChI is InChI=1S/C34H37N3O3S/c38-34(35-32-19-18-30-28(14-9-15-31(30)32)24-36-20-7-2-8-21-36)23-33(26-11-3-1-4-12-26)37(41(39)40)29-17-16-25-10-5-6-13-27(25)22-29/h1,3-6,9-17,22,32-33H,2,7-8,18-21,23-24H2,(H,35,38)(H,39,40). The van der Waals surface area contributed by atoms with Gasteiger partial charge in [0.2, 0.25) is 5.91 Å². The maximum atomic E-state index is 13.6. The molecule has 1 aliphatic carbocycles. The molecule has 1 heterocycles. The Kier molecular flexibility index (Phi) is 8.46. The fourth-order valence-corrected chi connectivity index (χ4v) is 7.23. The third-order valence-electron chi connectivity index (χ3n) is 8.55. The van der Waals surface area contributed by atoms with Crippen molar-refractivity contribution in [3.05, 3.63) is 113 Å². The second-order valence-corrected chi connectivity index (χ2v) is 12.1. The summed E-state index contributed by atoms with van der Waals surface area (Å²) in [5.74, 6) is -0.130. The molecule has 1 saturated heterocycles. The molecule has 7 heteroatoms. The Balaban J connectivity index is 1.23. The zero-order valence-corrected chi connectivity index (χ0v) is 24.1. The van der Waals surface area contributed by atoms with Crippen molar-refractivity contribution in [3.8, 4) is 0 Å². The van der Waals surface area contributed by atoms with Crippen LogP contribution >= 0.6 is 0 Å². The van der Waals surface area contributed by atoms with Crippen LogP contribution in [0.1, 0.15) is 66.4 Å². The molecule has 1 amide bonds. The number of hydrogen-bond donors (Lipinski definition) is 2. The maximum Gasteiger partial charge on any atom is 0.262 e. The van der Waals surface area contributed by atoms with Crippen LogP contribution in [0.25, 0.3) is 10.8 Å². The van der Waals surface area contributed by atoms with Gasteiger partial charge < -0.3 is 5.32 Å². The van der Waals surface area contributed by atoms with Gasteiger partial charge in [-0.1, -0.05) is 85.3 Å². The quantitative estimate of drug-likeness (QED) is 0.221. The van der Waals surface area contributed by atoms with Crippen molar-refractivity contribution in [1.82, 2.24) is 10.2 Å². The van der Waals surface area contributed by atoms with E-state index < -0.39 is 17.3 Å². The zero-order valence-electron chi connectivity index (χ0n) is 23.2. The summed E-state index contributed by atoms with van der Waals surface area (Å²) >= 11 is -2.34. The van der Waals surface area contributed by atoms with Gasteiger partial charge in [-0.3, -0.25) is 18.6 Å². The van der Waals surface area contributed by atoms with Gasteiger partial charge in [0.15, 0.2) is 0 Å². The first-order valence-electron chi connectivity index (χ1n) is 14.6. The number of fused-ring (bicyclic) bond motifs is 2. The Morgan fingerprint density at radius 3 is 2.46 bits per heavy atom. The molecule has 0 bridgehead atoms. The molecule has 0 saturated carbocycles. The molecule has 4 aromatic rings. The first-order valence-corrected chi connectivity index (χ1v) is 15.7. The van der Waals surface area contributed by atoms with Gasteiger partial charge in [-0.05, 0) is 83.9 Å². The van der Waals surface area contributed by atoms with E-state index in [0.717, 1.165) is 48.8 Å². The fraction of sp³-hybridized carbons (Fsp3) is 0.324. The van der Waals surface area contributed by atoms with E-state index in [9.17, 15) is 13.6 Å². The summed E-state index contributed by atoms with van der Waals surface area (Å²) in [5, 5.41) is 5.30. The monoisotopic (exact) mass is 567 g/mol. The van der Waals surface area contributed by atoms with Crippen molar-refractivity contribution in [2.24, 2.45) is 0 Å². The van der Waals surface area contributed by atoms with E-state index in [-0.39, 0.29) is 18.4 Å². The van der Waals surface area contributed by atoms with Crippen LogP contribution in [0.5, 0.6) is 0 Å². The number of amides is 1. The SMILES string of the molecule is O=C(CC(c1ccccc1)N(c1ccc2ccccc2c1)S(=O)O)NC1CCc2c(CN3CCCCC3)cccc21. The van der Waals surface area contributed by atoms with Gasteiger partial charge in [0, 0.05) is 6.54 Å². The minimum atomic E-state index is -2.34. The summed E-state index contributed by atoms with van der Waals surface area (Å²) in [6, 6.07) is 29.0. The van der Waals surface area contributed by atoms with Gasteiger partial charge in [-0.2, -0.15) is 0 Å². The van der Waals surface area contributed by atoms with E-state index in [1.807, 2.05) is 72.8 Å². The van der Waals surface area contributed by atoms with Crippen LogP contribution in [0.15, 0.2) is 91.0 Å². The van der Waals surface area contributed by atoms with Crippen molar-refractivity contribution in [2.75, 3.05) is 17.4 Å². The van der Waals surface area contributed by atoms with E-state index in [2.05, 4.69) is 28.4 Å². The molecule has 4 aromatic carbocycles. The summed E-state index contributed by atoms with van der Waals surface area (Å²) < 4.78 is 24.8. The van der Waals surface area contributed by atoms with E-state index in [4.69, 9.17) is 0 Å². The van der Waals surface area contributed by atoms with Crippen molar-refractivity contribution in [2.45, 2.75) is 57.2 Å². The second kappa shape index (κ2) is 12.6. The van der Waals surface area contributed by atoms with Crippen LogP contribution in [0, 0.1) is 0 Å². The number of likely N-dealkylation sites (tertiary alicyclic amines) is 1. The van der Waals surface area contributed by atoms with Gasteiger partial charge in [-0.15, -0.1) is 0 Å². The van der Waals surface area contributed by atoms with Crippen LogP contribution < -0.4 is 9.62 Å². The summed E-state index contributed by atoms with van der Waals surface area (Å²) in [4.78, 5) is 16.2. The lowest BCUT2D eigenvalue weighted by Gasteiger charge is -2.30. The molecule has 1 aliphatic heterocycles. The largest absolute Gasteiger partial charge is 0.349 e. The molecule has 6 nitrogen and oxygen atoms in total. The average Bonchev–Trinajstić information content (AvgIpc) is 3.41. The number of hydrogen-bond acceptors (Lipinski definition) is 3. The summed E-state index contributed by atoms with van der Waals surface area (Å²) in [5.41, 5.74) is 5.37. The predicted molar refractivity (Wildman–Crippen MR) is 166 cm³/mol. The highest BCUT2D eigenvalue weighted by Crippen LogP contribution is 2.36. The summed E-state index contributed by atoms with van der Waals surface area (Å²) in [6.07, 6.45) is 5.74. The van der Waals surface area contributed by atoms with Crippen LogP contribution in [-0.4, -0.2) is 32.7 Å². The minimum absolute atomic E-state index is 0.0519. The van der Waals surface area contributed by atoms with Crippen molar-refractivity contribution < 1.29 is 13.6 Å². The number of nitrogens with one attached hydrogen (secondary N) is 1. The Morgan fingerprint density at radius 1 is 0.927 bits per heavy atom. The Bertz CT molecular complexity index is 1540. The van der Waals surface area contributed by atoms with E-state index in [0.29, 0.717) is 5.69 Å². The van der Waals surface area contributed by atoms with Crippen LogP contribution in [-0.2, 0) is 29.0 Å². The number of rotatable bonds is 9. The lowest BCUT2D eigenvalue weighted by Crippen LogP contribution is -2.36. The average molecular weight is 568 g/mol. The summed E-state index contributed by atoms with van der Waals surface area (Å²) in [7, 11) is 0. The van der Waals surface area contributed by atoms with E-state index >= 15 is 0 Å². The van der Waals surface area contributed by atoms with Crippen molar-refractivity contribution in [3.63, 3.8) is 0 Å². The number of benzene rings is 4. The molecule has 2 aliphatic rings. The maximum absolute atomic E-state index is 13.6. The number of carbonyl (C=O) groups excluding carboxylic acids is 1. The van der Waals surface area contributed by atoms with E-state index in [1.54, 1.807) is 0 Å². The van der Waals surface area contributed by atoms with Gasteiger partial charge >= 0.3 is 0 Å². The van der Waals surface area contributed by atoms with Crippen molar-refractivity contribution >= 4 is 33.6 Å². The Morgan fingerprint density at radius 2 is 1.68 bits per heavy atom. The third-order valence-corrected chi connectivity index (χ3v) is 9.35. The highest BCUT2D eigenvalue weighted by atomic mass is 32.2. The van der Waals surface area contributed by atoms with Gasteiger partial charge in [0.1, 0.15) is 0 Å². The third kappa shape index (κ3) is 6.22. The van der Waals surface area contributed by atoms with Gasteiger partial charge in [0.05, 0.1) is 24.2 Å². The molecule has 0 spiro atoms. The highest BCUT2D eigenvalue weighted by Gasteiger charge is 2.31. The number of piperidine rings is 1. The first kappa shape index (κ1) is 27.6.